The Morgan fingerprint density at radius 1 is 1.24 bits per heavy atom. The molecular formula is C17H26F2N2. The summed E-state index contributed by atoms with van der Waals surface area (Å²) in [6.07, 6.45) is 4.54. The minimum atomic E-state index is -0.790. The van der Waals surface area contributed by atoms with Crippen molar-refractivity contribution in [1.29, 1.82) is 0 Å². The lowest BCUT2D eigenvalue weighted by molar-refractivity contribution is 0.0422. The van der Waals surface area contributed by atoms with E-state index in [1.807, 2.05) is 0 Å². The fraction of sp³-hybridized carbons (Fsp3) is 0.647. The fourth-order valence-corrected chi connectivity index (χ4v) is 3.42. The second kappa shape index (κ2) is 6.84. The summed E-state index contributed by atoms with van der Waals surface area (Å²) in [6, 6.07) is 4.17. The molecule has 1 aromatic rings. The first-order chi connectivity index (χ1) is 10.0. The predicted molar refractivity (Wildman–Crippen MR) is 81.9 cm³/mol. The highest BCUT2D eigenvalue weighted by Crippen LogP contribution is 2.36. The zero-order chi connectivity index (χ0) is 15.5. The summed E-state index contributed by atoms with van der Waals surface area (Å²) < 4.78 is 26.4. The zero-order valence-electron chi connectivity index (χ0n) is 13.0. The molecule has 118 valence electrons. The van der Waals surface area contributed by atoms with Crippen LogP contribution in [0, 0.1) is 17.6 Å². The van der Waals surface area contributed by atoms with Gasteiger partial charge in [0.15, 0.2) is 11.6 Å². The van der Waals surface area contributed by atoms with Crippen LogP contribution in [0.25, 0.3) is 0 Å². The number of hydrogen-bond acceptors (Lipinski definition) is 2. The number of hydrogen-bond donors (Lipinski definition) is 1. The van der Waals surface area contributed by atoms with Gasteiger partial charge in [0.1, 0.15) is 0 Å². The number of benzene rings is 1. The third-order valence-electron chi connectivity index (χ3n) is 4.99. The summed E-state index contributed by atoms with van der Waals surface area (Å²) in [7, 11) is 0. The van der Waals surface area contributed by atoms with Gasteiger partial charge in [-0.25, -0.2) is 8.78 Å². The average Bonchev–Trinajstić information content (AvgIpc) is 2.50. The standard InChI is InChI=1S/C17H26F2N2/c1-3-21(11-14-4-5-15(18)16(19)10-14)17(12-20)8-6-13(2)7-9-17/h4-5,10,13H,3,6-9,11-12,20H2,1-2H3. The zero-order valence-corrected chi connectivity index (χ0v) is 13.0. The fourth-order valence-electron chi connectivity index (χ4n) is 3.42. The number of nitrogens with two attached hydrogens (primary N) is 1. The van der Waals surface area contributed by atoms with Crippen molar-refractivity contribution in [3.8, 4) is 0 Å². The molecule has 0 amide bonds. The van der Waals surface area contributed by atoms with Gasteiger partial charge in [0.25, 0.3) is 0 Å². The Hall–Kier alpha value is -1.00. The molecule has 4 heteroatoms. The molecular weight excluding hydrogens is 270 g/mol. The summed E-state index contributed by atoms with van der Waals surface area (Å²) in [4.78, 5) is 2.34. The molecule has 0 unspecified atom stereocenters. The molecule has 1 aromatic carbocycles. The van der Waals surface area contributed by atoms with Crippen LogP contribution < -0.4 is 5.73 Å². The SMILES string of the molecule is CCN(Cc1ccc(F)c(F)c1)C1(CN)CCC(C)CC1. The summed E-state index contributed by atoms with van der Waals surface area (Å²) in [5.41, 5.74) is 6.91. The normalized spacial score (nSPS) is 26.3. The van der Waals surface area contributed by atoms with Gasteiger partial charge in [-0.05, 0) is 55.8 Å². The number of rotatable bonds is 5. The minimum Gasteiger partial charge on any atom is -0.329 e. The third kappa shape index (κ3) is 3.61. The van der Waals surface area contributed by atoms with E-state index in [9.17, 15) is 8.78 Å². The molecule has 1 aliphatic carbocycles. The maximum Gasteiger partial charge on any atom is 0.159 e. The molecule has 0 radical (unpaired) electrons. The second-order valence-electron chi connectivity index (χ2n) is 6.37. The van der Waals surface area contributed by atoms with Gasteiger partial charge in [-0.2, -0.15) is 0 Å². The maximum atomic E-state index is 13.4. The molecule has 21 heavy (non-hydrogen) atoms. The van der Waals surface area contributed by atoms with E-state index in [4.69, 9.17) is 5.73 Å². The molecule has 0 aliphatic heterocycles. The van der Waals surface area contributed by atoms with E-state index >= 15 is 0 Å². The van der Waals surface area contributed by atoms with Crippen LogP contribution in [-0.4, -0.2) is 23.5 Å². The summed E-state index contributed by atoms with van der Waals surface area (Å²) >= 11 is 0. The van der Waals surface area contributed by atoms with Crippen molar-refractivity contribution in [3.05, 3.63) is 35.4 Å². The van der Waals surface area contributed by atoms with Crippen LogP contribution in [0.2, 0.25) is 0 Å². The van der Waals surface area contributed by atoms with Crippen molar-refractivity contribution >= 4 is 0 Å². The van der Waals surface area contributed by atoms with Gasteiger partial charge in [-0.3, -0.25) is 4.90 Å². The lowest BCUT2D eigenvalue weighted by Crippen LogP contribution is -2.55. The maximum absolute atomic E-state index is 13.4. The van der Waals surface area contributed by atoms with E-state index in [1.54, 1.807) is 6.07 Å². The molecule has 2 nitrogen and oxygen atoms in total. The molecule has 2 rings (SSSR count). The van der Waals surface area contributed by atoms with Crippen molar-refractivity contribution < 1.29 is 8.78 Å². The van der Waals surface area contributed by atoms with Gasteiger partial charge < -0.3 is 5.73 Å². The Labute approximate surface area is 126 Å². The van der Waals surface area contributed by atoms with Crippen LogP contribution in [0.1, 0.15) is 45.1 Å². The van der Waals surface area contributed by atoms with E-state index in [1.165, 1.54) is 25.0 Å². The largest absolute Gasteiger partial charge is 0.329 e. The first-order valence-electron chi connectivity index (χ1n) is 7.90. The van der Waals surface area contributed by atoms with Crippen LogP contribution >= 0.6 is 0 Å². The summed E-state index contributed by atoms with van der Waals surface area (Å²) in [5.74, 6) is -0.809. The summed E-state index contributed by atoms with van der Waals surface area (Å²) in [5, 5.41) is 0. The van der Waals surface area contributed by atoms with Crippen molar-refractivity contribution in [2.45, 2.75) is 51.6 Å². The van der Waals surface area contributed by atoms with Gasteiger partial charge in [-0.1, -0.05) is 19.9 Å². The average molecular weight is 296 g/mol. The van der Waals surface area contributed by atoms with Crippen LogP contribution in [0.4, 0.5) is 8.78 Å². The number of likely N-dealkylation sites (N-methyl/N-ethyl adjacent to an activating group) is 1. The Kier molecular flexibility index (Phi) is 5.33. The Balaban J connectivity index is 2.15. The number of nitrogens with zero attached hydrogens (tertiary/aromatic N) is 1. The lowest BCUT2D eigenvalue weighted by atomic mass is 9.76. The Morgan fingerprint density at radius 3 is 2.43 bits per heavy atom. The molecule has 0 spiro atoms. The third-order valence-corrected chi connectivity index (χ3v) is 4.99. The lowest BCUT2D eigenvalue weighted by Gasteiger charge is -2.47. The quantitative estimate of drug-likeness (QED) is 0.898. The van der Waals surface area contributed by atoms with Crippen molar-refractivity contribution in [1.82, 2.24) is 4.90 Å². The van der Waals surface area contributed by atoms with Gasteiger partial charge >= 0.3 is 0 Å². The predicted octanol–water partition coefficient (Wildman–Crippen LogP) is 3.69. The highest BCUT2D eigenvalue weighted by molar-refractivity contribution is 5.18. The first kappa shape index (κ1) is 16.4. The van der Waals surface area contributed by atoms with Gasteiger partial charge in [-0.15, -0.1) is 0 Å². The number of halogens is 2. The summed E-state index contributed by atoms with van der Waals surface area (Å²) in [6.45, 7) is 6.50. The molecule has 1 aliphatic rings. The van der Waals surface area contributed by atoms with E-state index in [0.29, 0.717) is 13.1 Å². The van der Waals surface area contributed by atoms with Crippen molar-refractivity contribution in [3.63, 3.8) is 0 Å². The molecule has 0 saturated heterocycles. The first-order valence-corrected chi connectivity index (χ1v) is 7.90. The highest BCUT2D eigenvalue weighted by Gasteiger charge is 2.37. The van der Waals surface area contributed by atoms with Gasteiger partial charge in [0, 0.05) is 18.6 Å². The van der Waals surface area contributed by atoms with E-state index < -0.39 is 11.6 Å². The topological polar surface area (TPSA) is 29.3 Å². The molecule has 2 N–H and O–H groups in total. The molecule has 0 bridgehead atoms. The van der Waals surface area contributed by atoms with Crippen molar-refractivity contribution in [2.24, 2.45) is 11.7 Å². The van der Waals surface area contributed by atoms with E-state index in [2.05, 4.69) is 18.7 Å². The molecule has 0 aromatic heterocycles. The molecule has 1 saturated carbocycles. The highest BCUT2D eigenvalue weighted by atomic mass is 19.2. The van der Waals surface area contributed by atoms with Crippen LogP contribution in [0.5, 0.6) is 0 Å². The van der Waals surface area contributed by atoms with Crippen LogP contribution in [0.3, 0.4) is 0 Å². The molecule has 1 fully saturated rings. The molecule has 0 heterocycles. The van der Waals surface area contributed by atoms with Crippen LogP contribution in [-0.2, 0) is 6.54 Å². The van der Waals surface area contributed by atoms with Crippen LogP contribution in [0.15, 0.2) is 18.2 Å². The smallest absolute Gasteiger partial charge is 0.159 e. The minimum absolute atomic E-state index is 0.00607. The van der Waals surface area contributed by atoms with Crippen molar-refractivity contribution in [2.75, 3.05) is 13.1 Å². The molecule has 0 atom stereocenters. The second-order valence-corrected chi connectivity index (χ2v) is 6.37. The van der Waals surface area contributed by atoms with Gasteiger partial charge in [0.2, 0.25) is 0 Å². The van der Waals surface area contributed by atoms with Gasteiger partial charge in [0.05, 0.1) is 0 Å². The Bertz CT molecular complexity index is 468. The van der Waals surface area contributed by atoms with E-state index in [-0.39, 0.29) is 5.54 Å². The van der Waals surface area contributed by atoms with E-state index in [0.717, 1.165) is 30.9 Å². The Morgan fingerprint density at radius 2 is 1.90 bits per heavy atom. The monoisotopic (exact) mass is 296 g/mol.